The van der Waals surface area contributed by atoms with Gasteiger partial charge in [0.15, 0.2) is 0 Å². The van der Waals surface area contributed by atoms with E-state index in [2.05, 4.69) is 10.2 Å². The molecule has 1 saturated carbocycles. The molecule has 164 valence electrons. The lowest BCUT2D eigenvalue weighted by atomic mass is 10.2. The fourth-order valence-corrected chi connectivity index (χ4v) is 5.64. The van der Waals surface area contributed by atoms with Crippen molar-refractivity contribution in [2.24, 2.45) is 5.92 Å². The SMILES string of the molecule is C[C@H](C(=O)Nc1ccc(S(=O)(=O)N2CCCC2)cc1)N1CCN(C(=O)C2CC2)CC1. The van der Waals surface area contributed by atoms with Gasteiger partial charge >= 0.3 is 0 Å². The third-order valence-corrected chi connectivity index (χ3v) is 8.22. The summed E-state index contributed by atoms with van der Waals surface area (Å²) < 4.78 is 26.7. The normalized spacial score (nSPS) is 22.1. The van der Waals surface area contributed by atoms with Crippen LogP contribution < -0.4 is 5.32 Å². The fraction of sp³-hybridized carbons (Fsp3) is 0.619. The number of nitrogens with zero attached hydrogens (tertiary/aromatic N) is 3. The lowest BCUT2D eigenvalue weighted by molar-refractivity contribution is -0.135. The third-order valence-electron chi connectivity index (χ3n) is 6.30. The maximum absolute atomic E-state index is 12.7. The van der Waals surface area contributed by atoms with Gasteiger partial charge in [0.1, 0.15) is 0 Å². The molecule has 4 rings (SSSR count). The van der Waals surface area contributed by atoms with Crippen molar-refractivity contribution in [3.63, 3.8) is 0 Å². The Morgan fingerprint density at radius 1 is 0.967 bits per heavy atom. The van der Waals surface area contributed by atoms with Gasteiger partial charge in [0.25, 0.3) is 0 Å². The number of carbonyl (C=O) groups is 2. The van der Waals surface area contributed by atoms with Crippen LogP contribution in [-0.4, -0.2) is 79.6 Å². The Morgan fingerprint density at radius 2 is 1.57 bits per heavy atom. The number of piperazine rings is 1. The van der Waals surface area contributed by atoms with Crippen molar-refractivity contribution in [1.29, 1.82) is 0 Å². The van der Waals surface area contributed by atoms with E-state index in [9.17, 15) is 18.0 Å². The molecule has 3 aliphatic rings. The van der Waals surface area contributed by atoms with Gasteiger partial charge in [-0.1, -0.05) is 0 Å². The summed E-state index contributed by atoms with van der Waals surface area (Å²) in [5, 5.41) is 2.88. The summed E-state index contributed by atoms with van der Waals surface area (Å²) >= 11 is 0. The minimum absolute atomic E-state index is 0.132. The maximum atomic E-state index is 12.7. The first kappa shape index (κ1) is 21.3. The van der Waals surface area contributed by atoms with Crippen molar-refractivity contribution >= 4 is 27.5 Å². The minimum Gasteiger partial charge on any atom is -0.340 e. The van der Waals surface area contributed by atoms with Gasteiger partial charge in [0.2, 0.25) is 21.8 Å². The van der Waals surface area contributed by atoms with Gasteiger partial charge in [-0.3, -0.25) is 14.5 Å². The van der Waals surface area contributed by atoms with Crippen LogP contribution in [0.2, 0.25) is 0 Å². The van der Waals surface area contributed by atoms with E-state index in [4.69, 9.17) is 0 Å². The number of rotatable bonds is 6. The van der Waals surface area contributed by atoms with E-state index in [0.29, 0.717) is 45.0 Å². The highest BCUT2D eigenvalue weighted by Gasteiger charge is 2.35. The molecular formula is C21H30N4O4S. The first-order valence-electron chi connectivity index (χ1n) is 10.8. The Labute approximate surface area is 178 Å². The number of hydrogen-bond donors (Lipinski definition) is 1. The molecule has 1 aliphatic carbocycles. The van der Waals surface area contributed by atoms with Gasteiger partial charge in [0.05, 0.1) is 10.9 Å². The molecule has 1 atom stereocenters. The zero-order valence-electron chi connectivity index (χ0n) is 17.4. The molecule has 2 heterocycles. The Morgan fingerprint density at radius 3 is 2.13 bits per heavy atom. The molecule has 1 aromatic rings. The lowest BCUT2D eigenvalue weighted by Crippen LogP contribution is -2.54. The molecule has 2 amide bonds. The highest BCUT2D eigenvalue weighted by Crippen LogP contribution is 2.31. The number of sulfonamides is 1. The summed E-state index contributed by atoms with van der Waals surface area (Å²) in [6, 6.07) is 6.06. The van der Waals surface area contributed by atoms with E-state index in [-0.39, 0.29) is 28.7 Å². The molecule has 0 aromatic heterocycles. The first-order chi connectivity index (χ1) is 14.4. The number of nitrogens with one attached hydrogen (secondary N) is 1. The van der Waals surface area contributed by atoms with E-state index >= 15 is 0 Å². The molecule has 2 aliphatic heterocycles. The van der Waals surface area contributed by atoms with E-state index in [1.54, 1.807) is 24.3 Å². The van der Waals surface area contributed by atoms with Crippen LogP contribution in [0.15, 0.2) is 29.2 Å². The fourth-order valence-electron chi connectivity index (χ4n) is 4.12. The number of carbonyl (C=O) groups excluding carboxylic acids is 2. The number of anilines is 1. The molecule has 0 spiro atoms. The quantitative estimate of drug-likeness (QED) is 0.730. The molecule has 9 heteroatoms. The summed E-state index contributed by atoms with van der Waals surface area (Å²) in [5.74, 6) is 0.359. The van der Waals surface area contributed by atoms with E-state index < -0.39 is 10.0 Å². The second-order valence-electron chi connectivity index (χ2n) is 8.44. The molecule has 0 unspecified atom stereocenters. The minimum atomic E-state index is -3.45. The van der Waals surface area contributed by atoms with Gasteiger partial charge in [-0.15, -0.1) is 0 Å². The largest absolute Gasteiger partial charge is 0.340 e. The Bertz CT molecular complexity index is 884. The van der Waals surface area contributed by atoms with Crippen LogP contribution in [0.3, 0.4) is 0 Å². The highest BCUT2D eigenvalue weighted by atomic mass is 32.2. The number of amides is 2. The van der Waals surface area contributed by atoms with Crippen molar-refractivity contribution in [3.05, 3.63) is 24.3 Å². The smallest absolute Gasteiger partial charge is 0.243 e. The second kappa shape index (κ2) is 8.64. The predicted molar refractivity (Wildman–Crippen MR) is 113 cm³/mol. The average Bonchev–Trinajstić information content (AvgIpc) is 3.45. The molecule has 30 heavy (non-hydrogen) atoms. The van der Waals surface area contributed by atoms with Crippen molar-refractivity contribution in [1.82, 2.24) is 14.1 Å². The van der Waals surface area contributed by atoms with Crippen LogP contribution >= 0.6 is 0 Å². The van der Waals surface area contributed by atoms with E-state index in [1.807, 2.05) is 11.8 Å². The lowest BCUT2D eigenvalue weighted by Gasteiger charge is -2.37. The number of hydrogen-bond acceptors (Lipinski definition) is 5. The predicted octanol–water partition coefficient (Wildman–Crippen LogP) is 1.35. The molecule has 0 bridgehead atoms. The molecule has 3 fully saturated rings. The van der Waals surface area contributed by atoms with Crippen LogP contribution in [0.1, 0.15) is 32.6 Å². The topological polar surface area (TPSA) is 90.0 Å². The van der Waals surface area contributed by atoms with Crippen LogP contribution in [0, 0.1) is 5.92 Å². The Hall–Kier alpha value is -1.97. The van der Waals surface area contributed by atoms with Gasteiger partial charge in [-0.25, -0.2) is 8.42 Å². The van der Waals surface area contributed by atoms with Crippen LogP contribution in [-0.2, 0) is 19.6 Å². The van der Waals surface area contributed by atoms with Crippen molar-refractivity contribution < 1.29 is 18.0 Å². The van der Waals surface area contributed by atoms with Gasteiger partial charge in [0, 0.05) is 50.9 Å². The summed E-state index contributed by atoms with van der Waals surface area (Å²) in [6.45, 7) is 5.68. The monoisotopic (exact) mass is 434 g/mol. The molecule has 1 N–H and O–H groups in total. The Kier molecular flexibility index (Phi) is 6.13. The summed E-state index contributed by atoms with van der Waals surface area (Å²) in [6.07, 6.45) is 3.81. The molecular weight excluding hydrogens is 404 g/mol. The second-order valence-corrected chi connectivity index (χ2v) is 10.4. The van der Waals surface area contributed by atoms with Crippen LogP contribution in [0.4, 0.5) is 5.69 Å². The Balaban J connectivity index is 1.30. The van der Waals surface area contributed by atoms with Crippen LogP contribution in [0.25, 0.3) is 0 Å². The summed E-state index contributed by atoms with van der Waals surface area (Å²) in [5.41, 5.74) is 0.578. The van der Waals surface area contributed by atoms with Crippen LogP contribution in [0.5, 0.6) is 0 Å². The highest BCUT2D eigenvalue weighted by molar-refractivity contribution is 7.89. The van der Waals surface area contributed by atoms with Crippen molar-refractivity contribution in [3.8, 4) is 0 Å². The van der Waals surface area contributed by atoms with Crippen molar-refractivity contribution in [2.75, 3.05) is 44.6 Å². The molecule has 0 radical (unpaired) electrons. The summed E-state index contributed by atoms with van der Waals surface area (Å²) in [4.78, 5) is 29.1. The zero-order valence-corrected chi connectivity index (χ0v) is 18.2. The zero-order chi connectivity index (χ0) is 21.3. The third kappa shape index (κ3) is 4.53. The average molecular weight is 435 g/mol. The maximum Gasteiger partial charge on any atom is 0.243 e. The van der Waals surface area contributed by atoms with Gasteiger partial charge in [-0.2, -0.15) is 4.31 Å². The van der Waals surface area contributed by atoms with E-state index in [0.717, 1.165) is 25.7 Å². The standard InChI is InChI=1S/C21H30N4O4S/c1-16(23-12-14-24(15-13-23)21(27)17-4-5-17)20(26)22-18-6-8-19(9-7-18)30(28,29)25-10-2-3-11-25/h6-9,16-17H,2-5,10-15H2,1H3,(H,22,26)/t16-/m1/s1. The first-order valence-corrected chi connectivity index (χ1v) is 12.2. The van der Waals surface area contributed by atoms with Crippen molar-refractivity contribution in [2.45, 2.75) is 43.5 Å². The molecule has 8 nitrogen and oxygen atoms in total. The van der Waals surface area contributed by atoms with Gasteiger partial charge < -0.3 is 10.2 Å². The molecule has 2 saturated heterocycles. The van der Waals surface area contributed by atoms with Gasteiger partial charge in [-0.05, 0) is 56.9 Å². The van der Waals surface area contributed by atoms with E-state index in [1.165, 1.54) is 4.31 Å². The summed E-state index contributed by atoms with van der Waals surface area (Å²) in [7, 11) is -3.45. The number of benzene rings is 1. The molecule has 1 aromatic carbocycles.